The van der Waals surface area contributed by atoms with Crippen LogP contribution in [0.25, 0.3) is 0 Å². The van der Waals surface area contributed by atoms with E-state index in [0.29, 0.717) is 16.4 Å². The van der Waals surface area contributed by atoms with E-state index in [9.17, 15) is 14.0 Å². The molecule has 2 amide bonds. The lowest BCUT2D eigenvalue weighted by atomic mass is 10.1. The second-order valence-electron chi connectivity index (χ2n) is 5.38. The number of rotatable bonds is 3. The zero-order chi connectivity index (χ0) is 16.4. The molecule has 0 spiro atoms. The van der Waals surface area contributed by atoms with Gasteiger partial charge in [-0.05, 0) is 48.5 Å². The predicted octanol–water partition coefficient (Wildman–Crippen LogP) is 3.47. The van der Waals surface area contributed by atoms with Crippen LogP contribution in [-0.2, 0) is 9.59 Å². The monoisotopic (exact) mass is 332 g/mol. The first-order chi connectivity index (χ1) is 11.0. The number of hydrogen-bond donors (Lipinski definition) is 1. The molecule has 23 heavy (non-hydrogen) atoms. The maximum Gasteiger partial charge on any atom is 0.229 e. The van der Waals surface area contributed by atoms with Gasteiger partial charge in [0, 0.05) is 29.4 Å². The van der Waals surface area contributed by atoms with Gasteiger partial charge in [-0.2, -0.15) is 0 Å². The Bertz CT molecular complexity index is 731. The predicted molar refractivity (Wildman–Crippen MR) is 86.9 cm³/mol. The lowest BCUT2D eigenvalue weighted by Crippen LogP contribution is -2.28. The molecule has 1 fully saturated rings. The van der Waals surface area contributed by atoms with E-state index >= 15 is 0 Å². The minimum Gasteiger partial charge on any atom is -0.326 e. The number of hydrogen-bond acceptors (Lipinski definition) is 2. The van der Waals surface area contributed by atoms with Gasteiger partial charge >= 0.3 is 0 Å². The summed E-state index contributed by atoms with van der Waals surface area (Å²) in [5.74, 6) is -1.17. The van der Waals surface area contributed by atoms with Crippen molar-refractivity contribution in [3.05, 3.63) is 59.4 Å². The Morgan fingerprint density at radius 2 is 1.78 bits per heavy atom. The molecule has 2 aromatic carbocycles. The number of carbonyl (C=O) groups is 2. The van der Waals surface area contributed by atoms with Crippen molar-refractivity contribution < 1.29 is 14.0 Å². The maximum absolute atomic E-state index is 13.0. The van der Waals surface area contributed by atoms with E-state index in [4.69, 9.17) is 11.6 Å². The summed E-state index contributed by atoms with van der Waals surface area (Å²) in [6.07, 6.45) is 0.136. The molecule has 0 radical (unpaired) electrons. The molecule has 1 heterocycles. The fraction of sp³-hybridized carbons (Fsp3) is 0.176. The minimum atomic E-state index is -0.441. The lowest BCUT2D eigenvalue weighted by molar-refractivity contribution is -0.122. The number of carbonyl (C=O) groups excluding carboxylic acids is 2. The van der Waals surface area contributed by atoms with Crippen LogP contribution in [0.3, 0.4) is 0 Å². The summed E-state index contributed by atoms with van der Waals surface area (Å²) >= 11 is 5.80. The molecule has 3 rings (SSSR count). The fourth-order valence-corrected chi connectivity index (χ4v) is 2.66. The van der Waals surface area contributed by atoms with Gasteiger partial charge in [-0.25, -0.2) is 4.39 Å². The van der Waals surface area contributed by atoms with Crippen LogP contribution in [0, 0.1) is 11.7 Å². The van der Waals surface area contributed by atoms with Gasteiger partial charge in [-0.1, -0.05) is 11.6 Å². The molecule has 0 bridgehead atoms. The summed E-state index contributed by atoms with van der Waals surface area (Å²) in [4.78, 5) is 25.9. The van der Waals surface area contributed by atoms with Gasteiger partial charge in [0.25, 0.3) is 0 Å². The molecule has 0 aliphatic carbocycles. The summed E-state index contributed by atoms with van der Waals surface area (Å²) in [6, 6.07) is 12.4. The second kappa shape index (κ2) is 6.38. The summed E-state index contributed by atoms with van der Waals surface area (Å²) in [5, 5.41) is 3.36. The average molecular weight is 333 g/mol. The third-order valence-electron chi connectivity index (χ3n) is 3.75. The third kappa shape index (κ3) is 3.51. The van der Waals surface area contributed by atoms with Crippen molar-refractivity contribution >= 4 is 34.8 Å². The van der Waals surface area contributed by atoms with E-state index in [1.165, 1.54) is 29.2 Å². The van der Waals surface area contributed by atoms with E-state index in [1.807, 2.05) is 0 Å². The number of nitrogens with zero attached hydrogens (tertiary/aromatic N) is 1. The molecule has 0 saturated carbocycles. The molecule has 0 aromatic heterocycles. The summed E-state index contributed by atoms with van der Waals surface area (Å²) in [5.41, 5.74) is 1.23. The fourth-order valence-electron chi connectivity index (χ4n) is 2.53. The Hall–Kier alpha value is -2.40. The molecule has 0 unspecified atom stereocenters. The largest absolute Gasteiger partial charge is 0.326 e. The zero-order valence-corrected chi connectivity index (χ0v) is 12.9. The van der Waals surface area contributed by atoms with E-state index in [2.05, 4.69) is 5.32 Å². The molecular formula is C17H14ClFN2O2. The Morgan fingerprint density at radius 1 is 1.13 bits per heavy atom. The van der Waals surface area contributed by atoms with Crippen molar-refractivity contribution in [1.82, 2.24) is 0 Å². The van der Waals surface area contributed by atoms with Crippen LogP contribution in [-0.4, -0.2) is 18.4 Å². The Morgan fingerprint density at radius 3 is 2.43 bits per heavy atom. The first kappa shape index (κ1) is 15.5. The summed E-state index contributed by atoms with van der Waals surface area (Å²) in [7, 11) is 0. The van der Waals surface area contributed by atoms with Crippen LogP contribution < -0.4 is 10.2 Å². The van der Waals surface area contributed by atoms with Gasteiger partial charge in [0.05, 0.1) is 5.92 Å². The molecule has 1 aliphatic rings. The number of amides is 2. The van der Waals surface area contributed by atoms with Crippen molar-refractivity contribution in [2.24, 2.45) is 5.92 Å². The number of anilines is 2. The van der Waals surface area contributed by atoms with Gasteiger partial charge in [-0.3, -0.25) is 9.59 Å². The van der Waals surface area contributed by atoms with Gasteiger partial charge in [0.15, 0.2) is 0 Å². The van der Waals surface area contributed by atoms with Crippen molar-refractivity contribution in [3.8, 4) is 0 Å². The molecule has 1 aliphatic heterocycles. The minimum absolute atomic E-state index is 0.136. The van der Waals surface area contributed by atoms with Crippen LogP contribution >= 0.6 is 11.6 Å². The second-order valence-corrected chi connectivity index (χ2v) is 5.81. The highest BCUT2D eigenvalue weighted by Crippen LogP contribution is 2.26. The molecule has 1 atom stereocenters. The Kier molecular flexibility index (Phi) is 4.30. The summed E-state index contributed by atoms with van der Waals surface area (Å²) < 4.78 is 13.0. The molecular weight excluding hydrogens is 319 g/mol. The van der Waals surface area contributed by atoms with Crippen molar-refractivity contribution in [3.63, 3.8) is 0 Å². The smallest absolute Gasteiger partial charge is 0.229 e. The van der Waals surface area contributed by atoms with Crippen molar-refractivity contribution in [2.75, 3.05) is 16.8 Å². The van der Waals surface area contributed by atoms with Gasteiger partial charge in [0.1, 0.15) is 5.82 Å². The van der Waals surface area contributed by atoms with Crippen molar-refractivity contribution in [1.29, 1.82) is 0 Å². The number of nitrogens with one attached hydrogen (secondary N) is 1. The van der Waals surface area contributed by atoms with Gasteiger partial charge < -0.3 is 10.2 Å². The van der Waals surface area contributed by atoms with Crippen LogP contribution in [0.2, 0.25) is 5.02 Å². The highest BCUT2D eigenvalue weighted by atomic mass is 35.5. The third-order valence-corrected chi connectivity index (χ3v) is 4.00. The molecule has 118 valence electrons. The lowest BCUT2D eigenvalue weighted by Gasteiger charge is -2.16. The Labute approximate surface area is 137 Å². The topological polar surface area (TPSA) is 49.4 Å². The maximum atomic E-state index is 13.0. The SMILES string of the molecule is O=C(Nc1ccc(Cl)cc1)[C@@H]1CC(=O)N(c2ccc(F)cc2)C1. The standard InChI is InChI=1S/C17H14ClFN2O2/c18-12-1-5-14(6-2-12)20-17(23)11-9-16(22)21(10-11)15-7-3-13(19)4-8-15/h1-8,11H,9-10H2,(H,20,23)/t11-/m1/s1. The van der Waals surface area contributed by atoms with Gasteiger partial charge in [-0.15, -0.1) is 0 Å². The molecule has 4 nitrogen and oxygen atoms in total. The normalized spacial score (nSPS) is 17.4. The van der Waals surface area contributed by atoms with E-state index in [0.717, 1.165) is 0 Å². The molecule has 1 saturated heterocycles. The van der Waals surface area contributed by atoms with Crippen LogP contribution in [0.4, 0.5) is 15.8 Å². The van der Waals surface area contributed by atoms with E-state index in [-0.39, 0.29) is 30.6 Å². The quantitative estimate of drug-likeness (QED) is 0.935. The first-order valence-corrected chi connectivity index (χ1v) is 7.53. The highest BCUT2D eigenvalue weighted by molar-refractivity contribution is 6.30. The van der Waals surface area contributed by atoms with E-state index in [1.54, 1.807) is 24.3 Å². The Balaban J connectivity index is 1.68. The first-order valence-electron chi connectivity index (χ1n) is 7.15. The van der Waals surface area contributed by atoms with Gasteiger partial charge in [0.2, 0.25) is 11.8 Å². The zero-order valence-electron chi connectivity index (χ0n) is 12.1. The number of halogens is 2. The van der Waals surface area contributed by atoms with Crippen LogP contribution in [0.15, 0.2) is 48.5 Å². The summed E-state index contributed by atoms with van der Waals surface area (Å²) in [6.45, 7) is 0.282. The molecule has 6 heteroatoms. The van der Waals surface area contributed by atoms with Crippen molar-refractivity contribution in [2.45, 2.75) is 6.42 Å². The van der Waals surface area contributed by atoms with Crippen LogP contribution in [0.5, 0.6) is 0 Å². The highest BCUT2D eigenvalue weighted by Gasteiger charge is 2.35. The number of benzene rings is 2. The average Bonchev–Trinajstić information content (AvgIpc) is 2.92. The van der Waals surface area contributed by atoms with Crippen LogP contribution in [0.1, 0.15) is 6.42 Å². The molecule has 1 N–H and O–H groups in total. The molecule has 2 aromatic rings. The van der Waals surface area contributed by atoms with E-state index < -0.39 is 5.92 Å².